The molecule has 1 aliphatic rings. The van der Waals surface area contributed by atoms with Crippen LogP contribution < -0.4 is 9.62 Å². The van der Waals surface area contributed by atoms with Crippen molar-refractivity contribution < 1.29 is 13.2 Å². The van der Waals surface area contributed by atoms with Crippen LogP contribution in [-0.4, -0.2) is 31.2 Å². The van der Waals surface area contributed by atoms with Gasteiger partial charge in [-0.1, -0.05) is 19.9 Å². The van der Waals surface area contributed by atoms with Crippen LogP contribution in [0.5, 0.6) is 0 Å². The summed E-state index contributed by atoms with van der Waals surface area (Å²) in [6, 6.07) is 10.6. The summed E-state index contributed by atoms with van der Waals surface area (Å²) in [7, 11) is -3.27. The Balaban J connectivity index is 1.79. The molecular weight excluding hydrogens is 362 g/mol. The Morgan fingerprint density at radius 2 is 1.89 bits per heavy atom. The van der Waals surface area contributed by atoms with Crippen LogP contribution in [0, 0.1) is 5.92 Å². The Hall–Kier alpha value is -2.28. The lowest BCUT2D eigenvalue weighted by Gasteiger charge is -2.28. The summed E-state index contributed by atoms with van der Waals surface area (Å²) in [6.45, 7) is 4.66. The van der Waals surface area contributed by atoms with Crippen molar-refractivity contribution in [1.82, 2.24) is 4.57 Å². The van der Waals surface area contributed by atoms with Crippen LogP contribution in [0.3, 0.4) is 0 Å². The van der Waals surface area contributed by atoms with E-state index < -0.39 is 10.0 Å². The first kappa shape index (κ1) is 19.5. The molecule has 1 aliphatic heterocycles. The first-order chi connectivity index (χ1) is 12.9. The SMILES string of the molecule is CC(C)CC(C(=O)Nc1cccc(N2CCCCS2(=O)=O)c1)n1cccc1. The lowest BCUT2D eigenvalue weighted by molar-refractivity contribution is -0.119. The van der Waals surface area contributed by atoms with Gasteiger partial charge in [0.25, 0.3) is 0 Å². The largest absolute Gasteiger partial charge is 0.342 e. The number of carbonyl (C=O) groups is 1. The summed E-state index contributed by atoms with van der Waals surface area (Å²) in [5.41, 5.74) is 1.22. The Labute approximate surface area is 161 Å². The summed E-state index contributed by atoms with van der Waals surface area (Å²) in [5.74, 6) is 0.444. The molecule has 0 aliphatic carbocycles. The average Bonchev–Trinajstić information content (AvgIpc) is 3.13. The van der Waals surface area contributed by atoms with Crippen molar-refractivity contribution in [2.24, 2.45) is 5.92 Å². The second-order valence-corrected chi connectivity index (χ2v) is 9.42. The van der Waals surface area contributed by atoms with Crippen molar-refractivity contribution in [2.75, 3.05) is 21.9 Å². The normalized spacial score (nSPS) is 17.7. The number of aromatic nitrogens is 1. The third-order valence-electron chi connectivity index (χ3n) is 4.74. The molecule has 6 nitrogen and oxygen atoms in total. The average molecular weight is 390 g/mol. The van der Waals surface area contributed by atoms with Crippen molar-refractivity contribution in [3.05, 3.63) is 48.8 Å². The van der Waals surface area contributed by atoms with Crippen molar-refractivity contribution in [2.45, 2.75) is 39.2 Å². The molecular formula is C20H27N3O3S. The highest BCUT2D eigenvalue weighted by atomic mass is 32.2. The van der Waals surface area contributed by atoms with Gasteiger partial charge in [-0.3, -0.25) is 9.10 Å². The van der Waals surface area contributed by atoms with E-state index in [1.54, 1.807) is 24.3 Å². The molecule has 1 fully saturated rings. The molecule has 7 heteroatoms. The highest BCUT2D eigenvalue weighted by Crippen LogP contribution is 2.27. The molecule has 1 amide bonds. The molecule has 0 bridgehead atoms. The maximum absolute atomic E-state index is 12.9. The minimum Gasteiger partial charge on any atom is -0.342 e. The van der Waals surface area contributed by atoms with Gasteiger partial charge in [0, 0.05) is 24.6 Å². The van der Waals surface area contributed by atoms with Gasteiger partial charge in [-0.25, -0.2) is 8.42 Å². The number of sulfonamides is 1. The maximum atomic E-state index is 12.9. The van der Waals surface area contributed by atoms with Crippen LogP contribution in [0.2, 0.25) is 0 Å². The fraction of sp³-hybridized carbons (Fsp3) is 0.450. The minimum atomic E-state index is -3.27. The van der Waals surface area contributed by atoms with Crippen LogP contribution >= 0.6 is 0 Å². The maximum Gasteiger partial charge on any atom is 0.247 e. The van der Waals surface area contributed by atoms with Gasteiger partial charge >= 0.3 is 0 Å². The van der Waals surface area contributed by atoms with E-state index in [0.29, 0.717) is 30.3 Å². The fourth-order valence-corrected chi connectivity index (χ4v) is 5.04. The van der Waals surface area contributed by atoms with E-state index in [1.165, 1.54) is 4.31 Å². The van der Waals surface area contributed by atoms with E-state index in [2.05, 4.69) is 19.2 Å². The number of nitrogens with one attached hydrogen (secondary N) is 1. The van der Waals surface area contributed by atoms with Crippen LogP contribution in [0.4, 0.5) is 11.4 Å². The second kappa shape index (κ2) is 8.17. The molecule has 3 rings (SSSR count). The van der Waals surface area contributed by atoms with Crippen molar-refractivity contribution in [3.63, 3.8) is 0 Å². The summed E-state index contributed by atoms with van der Waals surface area (Å²) in [4.78, 5) is 12.9. The van der Waals surface area contributed by atoms with E-state index in [0.717, 1.165) is 12.8 Å². The highest BCUT2D eigenvalue weighted by Gasteiger charge is 2.26. The summed E-state index contributed by atoms with van der Waals surface area (Å²) in [6.07, 6.45) is 6.05. The molecule has 1 saturated heterocycles. The standard InChI is InChI=1S/C20H27N3O3S/c1-16(2)14-19(22-10-3-4-11-22)20(24)21-17-8-7-9-18(15-17)23-12-5-6-13-27(23,25)26/h3-4,7-11,15-16,19H,5-6,12-14H2,1-2H3,(H,21,24). The van der Waals surface area contributed by atoms with E-state index >= 15 is 0 Å². The number of hydrogen-bond donors (Lipinski definition) is 1. The molecule has 27 heavy (non-hydrogen) atoms. The van der Waals surface area contributed by atoms with Crippen LogP contribution in [-0.2, 0) is 14.8 Å². The Bertz CT molecular complexity index is 876. The fourth-order valence-electron chi connectivity index (χ4n) is 3.41. The molecule has 2 heterocycles. The minimum absolute atomic E-state index is 0.0986. The molecule has 1 N–H and O–H groups in total. The van der Waals surface area contributed by atoms with Gasteiger partial charge in [-0.15, -0.1) is 0 Å². The monoisotopic (exact) mass is 389 g/mol. The molecule has 2 aromatic rings. The van der Waals surface area contributed by atoms with Gasteiger partial charge in [0.1, 0.15) is 6.04 Å². The van der Waals surface area contributed by atoms with Crippen molar-refractivity contribution >= 4 is 27.3 Å². The predicted molar refractivity (Wildman–Crippen MR) is 108 cm³/mol. The molecule has 0 radical (unpaired) electrons. The molecule has 146 valence electrons. The van der Waals surface area contributed by atoms with Gasteiger partial charge in [0.15, 0.2) is 0 Å². The third kappa shape index (κ3) is 4.71. The van der Waals surface area contributed by atoms with E-state index in [-0.39, 0.29) is 17.7 Å². The van der Waals surface area contributed by atoms with E-state index in [1.807, 2.05) is 29.1 Å². The number of amides is 1. The van der Waals surface area contributed by atoms with E-state index in [4.69, 9.17) is 0 Å². The summed E-state index contributed by atoms with van der Waals surface area (Å²) < 4.78 is 28.0. The first-order valence-corrected chi connectivity index (χ1v) is 11.0. The van der Waals surface area contributed by atoms with Crippen LogP contribution in [0.15, 0.2) is 48.8 Å². The zero-order chi connectivity index (χ0) is 19.4. The highest BCUT2D eigenvalue weighted by molar-refractivity contribution is 7.92. The molecule has 1 aromatic carbocycles. The Kier molecular flexibility index (Phi) is 5.89. The smallest absolute Gasteiger partial charge is 0.247 e. The third-order valence-corrected chi connectivity index (χ3v) is 6.61. The number of rotatable bonds is 6. The van der Waals surface area contributed by atoms with E-state index in [9.17, 15) is 13.2 Å². The van der Waals surface area contributed by atoms with Gasteiger partial charge in [0.05, 0.1) is 11.4 Å². The number of benzene rings is 1. The predicted octanol–water partition coefficient (Wildman–Crippen LogP) is 3.64. The number of anilines is 2. The van der Waals surface area contributed by atoms with Crippen molar-refractivity contribution in [1.29, 1.82) is 0 Å². The molecule has 0 saturated carbocycles. The Morgan fingerprint density at radius 3 is 2.56 bits per heavy atom. The lowest BCUT2D eigenvalue weighted by Crippen LogP contribution is -2.37. The second-order valence-electron chi connectivity index (χ2n) is 7.41. The molecule has 1 aromatic heterocycles. The zero-order valence-electron chi connectivity index (χ0n) is 15.8. The molecule has 1 atom stereocenters. The molecule has 0 spiro atoms. The van der Waals surface area contributed by atoms with Crippen molar-refractivity contribution in [3.8, 4) is 0 Å². The van der Waals surface area contributed by atoms with Crippen LogP contribution in [0.1, 0.15) is 39.2 Å². The Morgan fingerprint density at radius 1 is 1.15 bits per heavy atom. The first-order valence-electron chi connectivity index (χ1n) is 9.40. The van der Waals surface area contributed by atoms with Gasteiger partial charge in [0.2, 0.25) is 15.9 Å². The summed E-state index contributed by atoms with van der Waals surface area (Å²) >= 11 is 0. The topological polar surface area (TPSA) is 71.4 Å². The lowest BCUT2D eigenvalue weighted by atomic mass is 10.0. The number of nitrogens with zero attached hydrogens (tertiary/aromatic N) is 2. The zero-order valence-corrected chi connectivity index (χ0v) is 16.7. The van der Waals surface area contributed by atoms with Gasteiger partial charge < -0.3 is 9.88 Å². The van der Waals surface area contributed by atoms with Gasteiger partial charge in [-0.2, -0.15) is 0 Å². The number of carbonyl (C=O) groups excluding carboxylic acids is 1. The van der Waals surface area contributed by atoms with Gasteiger partial charge in [-0.05, 0) is 55.5 Å². The quantitative estimate of drug-likeness (QED) is 0.820. The summed E-state index contributed by atoms with van der Waals surface area (Å²) in [5, 5.41) is 2.96. The van der Waals surface area contributed by atoms with Crippen LogP contribution in [0.25, 0.3) is 0 Å². The number of hydrogen-bond acceptors (Lipinski definition) is 3. The molecule has 1 unspecified atom stereocenters.